The molecule has 10 atom stereocenters. The van der Waals surface area contributed by atoms with E-state index in [-0.39, 0.29) is 41.0 Å². The van der Waals surface area contributed by atoms with Gasteiger partial charge in [0.15, 0.2) is 23.0 Å². The fourth-order valence-electron chi connectivity index (χ4n) is 11.5. The zero-order chi connectivity index (χ0) is 32.3. The second-order valence-corrected chi connectivity index (χ2v) is 15.1. The summed E-state index contributed by atoms with van der Waals surface area (Å²) in [6, 6.07) is 3.30. The number of aliphatic hydroxyl groups is 2. The summed E-state index contributed by atoms with van der Waals surface area (Å²) in [5.74, 6) is -0.434. The van der Waals surface area contributed by atoms with Crippen molar-refractivity contribution < 1.29 is 39.8 Å². The van der Waals surface area contributed by atoms with Crippen LogP contribution in [0.5, 0.6) is 23.0 Å². The number of hydrogen-bond acceptors (Lipinski definition) is 9. The van der Waals surface area contributed by atoms with Crippen LogP contribution in [-0.4, -0.2) is 105 Å². The zero-order valence-electron chi connectivity index (χ0n) is 26.3. The first-order valence-corrected chi connectivity index (χ1v) is 16.8. The number of ether oxygens (including phenoxy) is 2. The van der Waals surface area contributed by atoms with Crippen LogP contribution in [-0.2, 0) is 28.5 Å². The molecule has 47 heavy (non-hydrogen) atoms. The summed E-state index contributed by atoms with van der Waals surface area (Å²) in [5, 5.41) is 55.9. The van der Waals surface area contributed by atoms with Crippen LogP contribution in [0.4, 0.5) is 0 Å². The molecule has 4 heterocycles. The molecule has 244 valence electrons. The molecular weight excluding hydrogens is 600 g/mol. The highest BCUT2D eigenvalue weighted by Crippen LogP contribution is 2.65. The minimum absolute atomic E-state index is 0.0248. The summed E-state index contributed by atoms with van der Waals surface area (Å²) in [6.07, 6.45) is 9.40. The summed E-state index contributed by atoms with van der Waals surface area (Å²) >= 11 is 0. The fourth-order valence-corrected chi connectivity index (χ4v) is 11.5. The van der Waals surface area contributed by atoms with Gasteiger partial charge in [0.2, 0.25) is 0 Å². The molecule has 10 rings (SSSR count). The Morgan fingerprint density at radius 3 is 1.87 bits per heavy atom. The van der Waals surface area contributed by atoms with Crippen LogP contribution in [0.2, 0.25) is 0 Å². The van der Waals surface area contributed by atoms with Gasteiger partial charge in [-0.25, -0.2) is 4.79 Å². The van der Waals surface area contributed by atoms with E-state index in [0.717, 1.165) is 41.8 Å². The lowest BCUT2D eigenvalue weighted by Gasteiger charge is -2.56. The van der Waals surface area contributed by atoms with Crippen molar-refractivity contribution in [1.82, 2.24) is 9.80 Å². The van der Waals surface area contributed by atoms with Crippen molar-refractivity contribution in [2.24, 2.45) is 11.8 Å². The Morgan fingerprint density at radius 2 is 1.32 bits per heavy atom. The van der Waals surface area contributed by atoms with Gasteiger partial charge in [-0.1, -0.05) is 24.3 Å². The highest BCUT2D eigenvalue weighted by Gasteiger charge is 2.66. The van der Waals surface area contributed by atoms with Crippen molar-refractivity contribution in [1.29, 1.82) is 0 Å². The predicted molar refractivity (Wildman–Crippen MR) is 171 cm³/mol. The van der Waals surface area contributed by atoms with Crippen molar-refractivity contribution in [2.75, 3.05) is 27.2 Å². The third kappa shape index (κ3) is 3.18. The van der Waals surface area contributed by atoms with Gasteiger partial charge < -0.3 is 44.8 Å². The van der Waals surface area contributed by atoms with Crippen LogP contribution >= 0.6 is 0 Å². The average Bonchev–Trinajstić information content (AvgIpc) is 3.58. The van der Waals surface area contributed by atoms with E-state index in [4.69, 9.17) is 9.47 Å². The summed E-state index contributed by atoms with van der Waals surface area (Å²) in [4.78, 5) is 18.0. The van der Waals surface area contributed by atoms with Gasteiger partial charge >= 0.3 is 5.97 Å². The lowest BCUT2D eigenvalue weighted by atomic mass is 9.52. The van der Waals surface area contributed by atoms with E-state index in [0.29, 0.717) is 41.9 Å². The number of carbonyl (C=O) groups is 1. The predicted octanol–water partition coefficient (Wildman–Crippen LogP) is 2.33. The molecule has 5 N–H and O–H groups in total. The zero-order valence-corrected chi connectivity index (χ0v) is 26.3. The molecular formula is C37H38N2O8. The van der Waals surface area contributed by atoms with E-state index in [1.165, 1.54) is 6.07 Å². The number of aliphatic hydroxyl groups excluding tert-OH is 2. The number of likely N-dealkylation sites (N-methyl/N-ethyl adjacent to an activating group) is 2. The van der Waals surface area contributed by atoms with E-state index in [2.05, 4.69) is 36.0 Å². The van der Waals surface area contributed by atoms with Gasteiger partial charge in [0.25, 0.3) is 0 Å². The number of nitrogens with zero attached hydrogens (tertiary/aromatic N) is 2. The van der Waals surface area contributed by atoms with E-state index < -0.39 is 41.2 Å². The van der Waals surface area contributed by atoms with Crippen LogP contribution in [0, 0.1) is 11.8 Å². The summed E-state index contributed by atoms with van der Waals surface area (Å²) < 4.78 is 12.8. The maximum atomic E-state index is 13.3. The van der Waals surface area contributed by atoms with Crippen LogP contribution < -0.4 is 9.47 Å². The number of rotatable bonds is 3. The molecule has 2 aromatic carbocycles. The smallest absolute Gasteiger partial charge is 0.336 e. The summed E-state index contributed by atoms with van der Waals surface area (Å²) in [6.45, 7) is 1.63. The number of aliphatic carboxylic acids is 1. The Hall–Kier alpha value is -3.83. The third-order valence-corrected chi connectivity index (χ3v) is 13.4. The van der Waals surface area contributed by atoms with Gasteiger partial charge in [-0.3, -0.25) is 0 Å². The highest BCUT2D eigenvalue weighted by molar-refractivity contribution is 6.21. The molecule has 8 aliphatic rings. The Bertz CT molecular complexity index is 1900. The molecule has 2 spiro atoms. The number of likely N-dealkylation sites (tertiary alicyclic amines) is 2. The largest absolute Gasteiger partial charge is 0.504 e. The molecule has 10 heteroatoms. The Balaban J connectivity index is 1.20. The second kappa shape index (κ2) is 8.99. The first-order chi connectivity index (χ1) is 22.6. The SMILES string of the molecule is CN1CC[C@]23c4c5c(C=C(C(=O)O)c6cc(O)c7c8c6C[C@@H]6[C@@H]9C=C[C@H](O)[C@H](O7)[C@]89CCN6C)cc(O)c4O[C@H]2[C@@H](O)C=C[C@H]3[C@H]1C5. The molecule has 4 aliphatic carbocycles. The van der Waals surface area contributed by atoms with Gasteiger partial charge in [-0.2, -0.15) is 0 Å². The Labute approximate surface area is 271 Å². The first-order valence-electron chi connectivity index (χ1n) is 16.8. The van der Waals surface area contributed by atoms with Crippen LogP contribution in [0.1, 0.15) is 46.2 Å². The quantitative estimate of drug-likeness (QED) is 0.193. The van der Waals surface area contributed by atoms with Crippen molar-refractivity contribution in [3.8, 4) is 23.0 Å². The molecule has 2 saturated heterocycles. The van der Waals surface area contributed by atoms with Gasteiger partial charge in [0.05, 0.1) is 5.57 Å². The molecule has 0 saturated carbocycles. The molecule has 4 aliphatic heterocycles. The second-order valence-electron chi connectivity index (χ2n) is 15.1. The van der Waals surface area contributed by atoms with Gasteiger partial charge in [0, 0.05) is 45.9 Å². The number of benzene rings is 2. The summed E-state index contributed by atoms with van der Waals surface area (Å²) in [5.41, 5.74) is 3.47. The first kappa shape index (κ1) is 28.2. The van der Waals surface area contributed by atoms with Crippen molar-refractivity contribution in [2.45, 2.75) is 73.0 Å². The maximum absolute atomic E-state index is 13.3. The number of carboxylic acids is 1. The topological polar surface area (TPSA) is 143 Å². The number of hydrogen-bond donors (Lipinski definition) is 5. The van der Waals surface area contributed by atoms with Crippen molar-refractivity contribution in [3.05, 3.63) is 69.8 Å². The number of aromatic hydroxyl groups is 2. The van der Waals surface area contributed by atoms with Crippen molar-refractivity contribution in [3.63, 3.8) is 0 Å². The normalized spacial score (nSPS) is 40.0. The van der Waals surface area contributed by atoms with E-state index >= 15 is 0 Å². The van der Waals surface area contributed by atoms with E-state index in [9.17, 15) is 30.3 Å². The number of piperidine rings is 2. The molecule has 0 unspecified atom stereocenters. The van der Waals surface area contributed by atoms with Crippen LogP contribution in [0.25, 0.3) is 11.6 Å². The number of phenols is 2. The average molecular weight is 639 g/mol. The standard InChI is InChI=1S/C37H38N2O8/c1-38-9-7-36-21-3-5-25(40)33(36)46-31-27(42)12-16(17(29(31)36)13-23(21)38)11-20(35(44)45)18-15-28(43)32-30-19(18)14-24-22-4-6-26(41)34(47-32)37(22,30)8-10-39(24)2/h3-6,11-12,15,21-26,33-34,40-43H,7-10,13-14H2,1-2H3,(H,44,45)/t21-,22-,23+,24+,25-,26-,33-,34-,36-,37-/m0/s1. The van der Waals surface area contributed by atoms with Crippen LogP contribution in [0.15, 0.2) is 36.4 Å². The molecule has 2 aromatic rings. The number of carboxylic acid groups (broad SMARTS) is 1. The summed E-state index contributed by atoms with van der Waals surface area (Å²) in [7, 11) is 4.20. The number of phenolic OH excluding ortho intramolecular Hbond substituents is 2. The lowest BCUT2D eigenvalue weighted by molar-refractivity contribution is -0.130. The van der Waals surface area contributed by atoms with Crippen molar-refractivity contribution >= 4 is 17.6 Å². The van der Waals surface area contributed by atoms with Gasteiger partial charge in [-0.15, -0.1) is 0 Å². The van der Waals surface area contributed by atoms with E-state index in [1.807, 2.05) is 6.08 Å². The molecule has 4 bridgehead atoms. The van der Waals surface area contributed by atoms with E-state index in [1.54, 1.807) is 18.2 Å². The van der Waals surface area contributed by atoms with Crippen LogP contribution in [0.3, 0.4) is 0 Å². The van der Waals surface area contributed by atoms with Gasteiger partial charge in [-0.05, 0) is 93.3 Å². The Kier molecular flexibility index (Phi) is 5.39. The maximum Gasteiger partial charge on any atom is 0.336 e. The fraction of sp³-hybridized carbons (Fsp3) is 0.486. The monoisotopic (exact) mass is 638 g/mol. The third-order valence-electron chi connectivity index (χ3n) is 13.4. The highest BCUT2D eigenvalue weighted by atomic mass is 16.5. The molecule has 0 aromatic heterocycles. The molecule has 10 nitrogen and oxygen atoms in total. The van der Waals surface area contributed by atoms with Gasteiger partial charge in [0.1, 0.15) is 24.4 Å². The minimum Gasteiger partial charge on any atom is -0.504 e. The lowest BCUT2D eigenvalue weighted by Crippen LogP contribution is -2.64. The Morgan fingerprint density at radius 1 is 0.809 bits per heavy atom. The molecule has 2 fully saturated rings. The molecule has 0 radical (unpaired) electrons. The minimum atomic E-state index is -1.14. The molecule has 0 amide bonds.